The molecule has 3 aromatic carbocycles. The van der Waals surface area contributed by atoms with Gasteiger partial charge in [0.1, 0.15) is 23.4 Å². The molecule has 0 bridgehead atoms. The Hall–Kier alpha value is -2.85. The van der Waals surface area contributed by atoms with E-state index < -0.39 is 10.1 Å². The summed E-state index contributed by atoms with van der Waals surface area (Å²) in [5.41, 5.74) is 2.15. The zero-order chi connectivity index (χ0) is 26.7. The van der Waals surface area contributed by atoms with Crippen molar-refractivity contribution >= 4 is 40.6 Å². The number of aryl methyl sites for hydroxylation is 1. The Balaban J connectivity index is 0.00000220. The number of piperidine rings is 1. The normalized spacial score (nSPS) is 17.0. The Morgan fingerprint density at radius 2 is 1.70 bits per heavy atom. The van der Waals surface area contributed by atoms with E-state index in [1.54, 1.807) is 37.4 Å². The molecule has 11 heteroatoms. The molecule has 0 spiro atoms. The van der Waals surface area contributed by atoms with Crippen molar-refractivity contribution in [3.8, 4) is 23.0 Å². The highest BCUT2D eigenvalue weighted by atomic mass is 35.5. The summed E-state index contributed by atoms with van der Waals surface area (Å²) < 4.78 is 48.9. The van der Waals surface area contributed by atoms with E-state index in [0.717, 1.165) is 37.2 Å². The van der Waals surface area contributed by atoms with Crippen molar-refractivity contribution in [2.75, 3.05) is 45.3 Å². The van der Waals surface area contributed by atoms with E-state index >= 15 is 0 Å². The first-order valence-corrected chi connectivity index (χ1v) is 14.3. The number of fused-ring (bicyclic) bond motifs is 1. The minimum atomic E-state index is -4.01. The van der Waals surface area contributed by atoms with E-state index in [9.17, 15) is 8.42 Å². The van der Waals surface area contributed by atoms with Gasteiger partial charge in [-0.05, 0) is 63.2 Å². The van der Waals surface area contributed by atoms with Crippen molar-refractivity contribution in [1.82, 2.24) is 4.90 Å². The van der Waals surface area contributed by atoms with E-state index in [2.05, 4.69) is 29.0 Å². The second kappa shape index (κ2) is 13.7. The minimum Gasteiger partial charge on any atom is -0.497 e. The van der Waals surface area contributed by atoms with E-state index in [4.69, 9.17) is 18.4 Å². The SMILES string of the molecule is COc1cccc(N2CCC(N(C)CC3COc4cccc(OS(=O)(=O)c5ccc(C)cc5)c4O3)CC2)c1.Cl.Cl. The summed E-state index contributed by atoms with van der Waals surface area (Å²) >= 11 is 0. The summed E-state index contributed by atoms with van der Waals surface area (Å²) in [5, 5.41) is 0. The maximum Gasteiger partial charge on any atom is 0.339 e. The van der Waals surface area contributed by atoms with Crippen LogP contribution in [0.2, 0.25) is 0 Å². The Kier molecular flexibility index (Phi) is 10.8. The van der Waals surface area contributed by atoms with Crippen LogP contribution < -0.4 is 23.3 Å². The van der Waals surface area contributed by atoms with Crippen LogP contribution in [0.15, 0.2) is 71.6 Å². The zero-order valence-electron chi connectivity index (χ0n) is 22.8. The number of hydrogen-bond acceptors (Lipinski definition) is 8. The van der Waals surface area contributed by atoms with Crippen LogP contribution in [0.25, 0.3) is 0 Å². The maximum atomic E-state index is 12.9. The quantitative estimate of drug-likeness (QED) is 0.316. The molecule has 2 aliphatic rings. The first-order valence-electron chi connectivity index (χ1n) is 12.9. The van der Waals surface area contributed by atoms with Gasteiger partial charge in [-0.3, -0.25) is 4.90 Å². The lowest BCUT2D eigenvalue weighted by Crippen LogP contribution is -2.48. The number of nitrogens with zero attached hydrogens (tertiary/aromatic N) is 2. The average molecular weight is 612 g/mol. The predicted molar refractivity (Wildman–Crippen MR) is 161 cm³/mol. The molecule has 2 heterocycles. The molecule has 0 N–H and O–H groups in total. The van der Waals surface area contributed by atoms with E-state index in [0.29, 0.717) is 30.7 Å². The lowest BCUT2D eigenvalue weighted by Gasteiger charge is -2.39. The maximum absolute atomic E-state index is 12.9. The highest BCUT2D eigenvalue weighted by Crippen LogP contribution is 2.41. The Morgan fingerprint density at radius 1 is 1.00 bits per heavy atom. The number of halogens is 2. The van der Waals surface area contributed by atoms with Gasteiger partial charge in [-0.15, -0.1) is 24.8 Å². The number of ether oxygens (including phenoxy) is 3. The lowest BCUT2D eigenvalue weighted by molar-refractivity contribution is 0.0492. The standard InChI is InChI=1S/C29H34N2O6S.2ClH/c1-21-10-12-26(13-11-21)38(32,33)37-28-9-5-8-27-29(28)36-25(20-35-27)19-30(2)22-14-16-31(17-15-22)23-6-4-7-24(18-23)34-3;;/h4-13,18,22,25H,14-17,19-20H2,1-3H3;2*1H. The molecule has 8 nitrogen and oxygen atoms in total. The zero-order valence-corrected chi connectivity index (χ0v) is 25.3. The molecule has 40 heavy (non-hydrogen) atoms. The van der Waals surface area contributed by atoms with Crippen molar-refractivity contribution < 1.29 is 26.8 Å². The fraction of sp³-hybridized carbons (Fsp3) is 0.379. The predicted octanol–water partition coefficient (Wildman–Crippen LogP) is 5.36. The summed E-state index contributed by atoms with van der Waals surface area (Å²) in [6.07, 6.45) is 1.80. The van der Waals surface area contributed by atoms with E-state index in [1.165, 1.54) is 17.8 Å². The molecule has 0 radical (unpaired) electrons. The van der Waals surface area contributed by atoms with Crippen molar-refractivity contribution in [2.24, 2.45) is 0 Å². The largest absolute Gasteiger partial charge is 0.497 e. The van der Waals surface area contributed by atoms with E-state index in [-0.39, 0.29) is 41.6 Å². The number of methoxy groups -OCH3 is 1. The molecule has 1 saturated heterocycles. The van der Waals surface area contributed by atoms with Gasteiger partial charge in [0.15, 0.2) is 11.5 Å². The smallest absolute Gasteiger partial charge is 0.339 e. The molecule has 1 atom stereocenters. The second-order valence-electron chi connectivity index (χ2n) is 9.84. The summed E-state index contributed by atoms with van der Waals surface area (Å²) in [7, 11) is -0.218. The van der Waals surface area contributed by atoms with Gasteiger partial charge in [-0.25, -0.2) is 0 Å². The van der Waals surface area contributed by atoms with Gasteiger partial charge in [0.2, 0.25) is 5.75 Å². The summed E-state index contributed by atoms with van der Waals surface area (Å²) in [4.78, 5) is 4.80. The monoisotopic (exact) mass is 610 g/mol. The van der Waals surface area contributed by atoms with Crippen LogP contribution >= 0.6 is 24.8 Å². The molecule has 2 aliphatic heterocycles. The number of rotatable bonds is 8. The summed E-state index contributed by atoms with van der Waals surface area (Å²) in [6.45, 7) is 4.86. The highest BCUT2D eigenvalue weighted by Gasteiger charge is 2.30. The van der Waals surface area contributed by atoms with Crippen LogP contribution in [0.5, 0.6) is 23.0 Å². The van der Waals surface area contributed by atoms with Crippen molar-refractivity contribution in [3.63, 3.8) is 0 Å². The topological polar surface area (TPSA) is 77.5 Å². The van der Waals surface area contributed by atoms with Crippen LogP contribution in [0.1, 0.15) is 18.4 Å². The third-order valence-corrected chi connectivity index (χ3v) is 8.41. The minimum absolute atomic E-state index is 0. The van der Waals surface area contributed by atoms with Crippen molar-refractivity contribution in [3.05, 3.63) is 72.3 Å². The molecule has 1 unspecified atom stereocenters. The molecular weight excluding hydrogens is 575 g/mol. The number of anilines is 1. The molecule has 3 aromatic rings. The highest BCUT2D eigenvalue weighted by molar-refractivity contribution is 7.87. The number of benzene rings is 3. The van der Waals surface area contributed by atoms with Gasteiger partial charge < -0.3 is 23.3 Å². The molecule has 218 valence electrons. The van der Waals surface area contributed by atoms with Gasteiger partial charge in [-0.2, -0.15) is 8.42 Å². The molecule has 0 aliphatic carbocycles. The lowest BCUT2D eigenvalue weighted by atomic mass is 10.0. The Bertz CT molecular complexity index is 1370. The van der Waals surface area contributed by atoms with Gasteiger partial charge >= 0.3 is 10.1 Å². The number of likely N-dealkylation sites (N-methyl/N-ethyl adjacent to an activating group) is 1. The van der Waals surface area contributed by atoms with Gasteiger partial charge in [-0.1, -0.05) is 29.8 Å². The molecule has 0 aromatic heterocycles. The summed E-state index contributed by atoms with van der Waals surface area (Å²) in [5.74, 6) is 1.79. The van der Waals surface area contributed by atoms with Crippen molar-refractivity contribution in [1.29, 1.82) is 0 Å². The van der Waals surface area contributed by atoms with Gasteiger partial charge in [0, 0.05) is 37.4 Å². The van der Waals surface area contributed by atoms with E-state index in [1.807, 2.05) is 19.1 Å². The fourth-order valence-electron chi connectivity index (χ4n) is 4.98. The van der Waals surface area contributed by atoms with Crippen LogP contribution in [-0.4, -0.2) is 65.9 Å². The third kappa shape index (κ3) is 7.26. The first-order chi connectivity index (χ1) is 18.3. The summed E-state index contributed by atoms with van der Waals surface area (Å²) in [6, 6.07) is 20.2. The number of hydrogen-bond donors (Lipinski definition) is 0. The van der Waals surface area contributed by atoms with Gasteiger partial charge in [0.25, 0.3) is 0 Å². The molecule has 0 amide bonds. The van der Waals surface area contributed by atoms with Gasteiger partial charge in [0.05, 0.1) is 7.11 Å². The van der Waals surface area contributed by atoms with Crippen molar-refractivity contribution in [2.45, 2.75) is 36.8 Å². The molecule has 0 saturated carbocycles. The average Bonchev–Trinajstić information content (AvgIpc) is 2.93. The third-order valence-electron chi connectivity index (χ3n) is 7.16. The van der Waals surface area contributed by atoms with Crippen LogP contribution in [-0.2, 0) is 10.1 Å². The van der Waals surface area contributed by atoms with Crippen LogP contribution in [0.4, 0.5) is 5.69 Å². The Labute approximate surface area is 249 Å². The fourth-order valence-corrected chi connectivity index (χ4v) is 5.91. The Morgan fingerprint density at radius 3 is 2.40 bits per heavy atom. The van der Waals surface area contributed by atoms with Crippen LogP contribution in [0.3, 0.4) is 0 Å². The molecular formula is C29H36Cl2N2O6S. The first kappa shape index (κ1) is 31.7. The molecule has 1 fully saturated rings. The second-order valence-corrected chi connectivity index (χ2v) is 11.4. The van der Waals surface area contributed by atoms with Crippen LogP contribution in [0, 0.1) is 6.92 Å². The number of para-hydroxylation sites is 1. The molecule has 5 rings (SSSR count).